The van der Waals surface area contributed by atoms with Gasteiger partial charge >= 0.3 is 0 Å². The maximum absolute atomic E-state index is 4.84. The number of thiazole rings is 1. The molecule has 0 saturated carbocycles. The molecule has 1 aromatic rings. The van der Waals surface area contributed by atoms with Crippen LogP contribution in [0.3, 0.4) is 0 Å². The molecule has 0 bridgehead atoms. The van der Waals surface area contributed by atoms with E-state index in [1.54, 1.807) is 0 Å². The second kappa shape index (κ2) is 6.44. The molecule has 20 heavy (non-hydrogen) atoms. The van der Waals surface area contributed by atoms with Gasteiger partial charge in [0.25, 0.3) is 0 Å². The first-order chi connectivity index (χ1) is 9.38. The Bertz CT molecular complexity index is 441. The van der Waals surface area contributed by atoms with Gasteiger partial charge in [0.05, 0.1) is 5.69 Å². The monoisotopic (exact) mass is 295 g/mol. The number of aromatic nitrogens is 1. The Morgan fingerprint density at radius 3 is 2.70 bits per heavy atom. The van der Waals surface area contributed by atoms with Crippen LogP contribution in [0.1, 0.15) is 51.6 Å². The molecule has 0 radical (unpaired) electrons. The molecule has 1 aliphatic rings. The summed E-state index contributed by atoms with van der Waals surface area (Å²) in [6.45, 7) is 15.7. The molecule has 0 spiro atoms. The number of nitrogens with zero attached hydrogens (tertiary/aromatic N) is 2. The summed E-state index contributed by atoms with van der Waals surface area (Å²) in [7, 11) is 0. The summed E-state index contributed by atoms with van der Waals surface area (Å²) in [6, 6.07) is 1.12. The fourth-order valence-electron chi connectivity index (χ4n) is 2.96. The quantitative estimate of drug-likeness (QED) is 0.915. The molecule has 4 heteroatoms. The standard InChI is InChI=1S/C16H29N3S/c1-10(2)17-8-15-13(5)18-16(20-15)19-9-11(3)7-12(4)14(19)6/h10-12,14,17H,7-9H2,1-6H3. The van der Waals surface area contributed by atoms with E-state index < -0.39 is 0 Å². The van der Waals surface area contributed by atoms with Crippen molar-refractivity contribution in [1.29, 1.82) is 0 Å². The van der Waals surface area contributed by atoms with E-state index in [-0.39, 0.29) is 0 Å². The van der Waals surface area contributed by atoms with Crippen LogP contribution in [0.25, 0.3) is 0 Å². The van der Waals surface area contributed by atoms with Crippen molar-refractivity contribution < 1.29 is 0 Å². The van der Waals surface area contributed by atoms with E-state index in [1.807, 2.05) is 11.3 Å². The molecule has 2 rings (SSSR count). The largest absolute Gasteiger partial charge is 0.345 e. The summed E-state index contributed by atoms with van der Waals surface area (Å²) in [4.78, 5) is 8.74. The molecule has 0 amide bonds. The number of piperidine rings is 1. The van der Waals surface area contributed by atoms with Gasteiger partial charge in [0.2, 0.25) is 0 Å². The van der Waals surface area contributed by atoms with Gasteiger partial charge in [-0.15, -0.1) is 11.3 Å². The van der Waals surface area contributed by atoms with Gasteiger partial charge in [-0.25, -0.2) is 4.98 Å². The maximum Gasteiger partial charge on any atom is 0.186 e. The van der Waals surface area contributed by atoms with E-state index in [9.17, 15) is 0 Å². The first-order valence-electron chi connectivity index (χ1n) is 7.84. The first kappa shape index (κ1) is 15.8. The summed E-state index contributed by atoms with van der Waals surface area (Å²) in [5.74, 6) is 1.52. The highest BCUT2D eigenvalue weighted by Crippen LogP contribution is 2.34. The molecule has 1 aromatic heterocycles. The van der Waals surface area contributed by atoms with Crippen LogP contribution in [-0.4, -0.2) is 23.6 Å². The third-order valence-corrected chi connectivity index (χ3v) is 5.59. The third kappa shape index (κ3) is 3.53. The molecule has 3 nitrogen and oxygen atoms in total. The molecular weight excluding hydrogens is 266 g/mol. The summed E-state index contributed by atoms with van der Waals surface area (Å²) in [6.07, 6.45) is 1.34. The van der Waals surface area contributed by atoms with E-state index in [2.05, 4.69) is 51.8 Å². The highest BCUT2D eigenvalue weighted by Gasteiger charge is 2.30. The number of hydrogen-bond donors (Lipinski definition) is 1. The Hall–Kier alpha value is -0.610. The third-order valence-electron chi connectivity index (χ3n) is 4.40. The van der Waals surface area contributed by atoms with Gasteiger partial charge in [-0.3, -0.25) is 0 Å². The summed E-state index contributed by atoms with van der Waals surface area (Å²) < 4.78 is 0. The summed E-state index contributed by atoms with van der Waals surface area (Å²) in [5, 5.41) is 4.72. The highest BCUT2D eigenvalue weighted by molar-refractivity contribution is 7.15. The van der Waals surface area contributed by atoms with Gasteiger partial charge < -0.3 is 10.2 Å². The van der Waals surface area contributed by atoms with Crippen LogP contribution in [-0.2, 0) is 6.54 Å². The van der Waals surface area contributed by atoms with Crippen molar-refractivity contribution in [2.75, 3.05) is 11.4 Å². The van der Waals surface area contributed by atoms with E-state index in [0.29, 0.717) is 12.1 Å². The van der Waals surface area contributed by atoms with Gasteiger partial charge in [0.15, 0.2) is 5.13 Å². The SMILES string of the molecule is Cc1nc(N2CC(C)CC(C)C2C)sc1CNC(C)C. The molecule has 3 atom stereocenters. The van der Waals surface area contributed by atoms with Crippen LogP contribution in [0.5, 0.6) is 0 Å². The zero-order valence-corrected chi connectivity index (χ0v) is 14.5. The van der Waals surface area contributed by atoms with Gasteiger partial charge in [0.1, 0.15) is 0 Å². The Morgan fingerprint density at radius 2 is 2.05 bits per heavy atom. The number of nitrogens with one attached hydrogen (secondary N) is 1. The molecule has 1 saturated heterocycles. The summed E-state index contributed by atoms with van der Waals surface area (Å²) >= 11 is 1.87. The first-order valence-corrected chi connectivity index (χ1v) is 8.66. The Labute approximate surface area is 127 Å². The van der Waals surface area contributed by atoms with Gasteiger partial charge in [-0.2, -0.15) is 0 Å². The van der Waals surface area contributed by atoms with Crippen LogP contribution >= 0.6 is 11.3 Å². The lowest BCUT2D eigenvalue weighted by molar-refractivity contribution is 0.297. The summed E-state index contributed by atoms with van der Waals surface area (Å²) in [5.41, 5.74) is 1.19. The zero-order valence-electron chi connectivity index (χ0n) is 13.7. The number of rotatable bonds is 4. The van der Waals surface area contributed by atoms with E-state index in [0.717, 1.165) is 24.9 Å². The number of hydrogen-bond acceptors (Lipinski definition) is 4. The molecule has 3 unspecified atom stereocenters. The average molecular weight is 295 g/mol. The zero-order chi connectivity index (χ0) is 14.9. The van der Waals surface area contributed by atoms with Gasteiger partial charge in [0, 0.05) is 30.1 Å². The van der Waals surface area contributed by atoms with Gasteiger partial charge in [-0.05, 0) is 32.1 Å². The van der Waals surface area contributed by atoms with Crippen LogP contribution in [0.15, 0.2) is 0 Å². The lowest BCUT2D eigenvalue weighted by Gasteiger charge is -2.41. The van der Waals surface area contributed by atoms with Crippen molar-refractivity contribution in [1.82, 2.24) is 10.3 Å². The van der Waals surface area contributed by atoms with Crippen LogP contribution < -0.4 is 10.2 Å². The minimum atomic E-state index is 0.522. The minimum absolute atomic E-state index is 0.522. The Morgan fingerprint density at radius 1 is 1.35 bits per heavy atom. The van der Waals surface area contributed by atoms with Crippen LogP contribution in [0.4, 0.5) is 5.13 Å². The molecule has 1 fully saturated rings. The van der Waals surface area contributed by atoms with Gasteiger partial charge in [-0.1, -0.05) is 27.7 Å². The Kier molecular flexibility index (Phi) is 5.08. The molecule has 0 aromatic carbocycles. The molecule has 2 heterocycles. The maximum atomic E-state index is 4.84. The second-order valence-corrected chi connectivity index (χ2v) is 7.81. The Balaban J connectivity index is 2.14. The number of aryl methyl sites for hydroxylation is 1. The van der Waals surface area contributed by atoms with E-state index in [4.69, 9.17) is 4.98 Å². The number of anilines is 1. The van der Waals surface area contributed by atoms with E-state index in [1.165, 1.54) is 22.1 Å². The predicted molar refractivity (Wildman–Crippen MR) is 88.6 cm³/mol. The minimum Gasteiger partial charge on any atom is -0.345 e. The van der Waals surface area contributed by atoms with Crippen molar-refractivity contribution in [2.24, 2.45) is 11.8 Å². The fraction of sp³-hybridized carbons (Fsp3) is 0.812. The lowest BCUT2D eigenvalue weighted by Crippen LogP contribution is -2.45. The normalized spacial score (nSPS) is 27.4. The lowest BCUT2D eigenvalue weighted by atomic mass is 9.86. The molecule has 1 aliphatic heterocycles. The molecule has 114 valence electrons. The van der Waals surface area contributed by atoms with Crippen LogP contribution in [0.2, 0.25) is 0 Å². The van der Waals surface area contributed by atoms with Crippen molar-refractivity contribution in [2.45, 2.75) is 66.6 Å². The van der Waals surface area contributed by atoms with Crippen molar-refractivity contribution in [3.8, 4) is 0 Å². The van der Waals surface area contributed by atoms with Crippen molar-refractivity contribution in [3.05, 3.63) is 10.6 Å². The van der Waals surface area contributed by atoms with Crippen molar-refractivity contribution >= 4 is 16.5 Å². The predicted octanol–water partition coefficient (Wildman–Crippen LogP) is 3.82. The molecule has 0 aliphatic carbocycles. The second-order valence-electron chi connectivity index (χ2n) is 6.75. The topological polar surface area (TPSA) is 28.2 Å². The fourth-order valence-corrected chi connectivity index (χ4v) is 4.07. The molecule has 1 N–H and O–H groups in total. The average Bonchev–Trinajstić information content (AvgIpc) is 2.72. The smallest absolute Gasteiger partial charge is 0.186 e. The highest BCUT2D eigenvalue weighted by atomic mass is 32.1. The molecular formula is C16H29N3S. The van der Waals surface area contributed by atoms with E-state index >= 15 is 0 Å². The van der Waals surface area contributed by atoms with Crippen molar-refractivity contribution in [3.63, 3.8) is 0 Å². The van der Waals surface area contributed by atoms with Crippen LogP contribution in [0, 0.1) is 18.8 Å².